The minimum absolute atomic E-state index is 0.721. The summed E-state index contributed by atoms with van der Waals surface area (Å²) < 4.78 is 0. The van der Waals surface area contributed by atoms with Gasteiger partial charge in [0.15, 0.2) is 0 Å². The summed E-state index contributed by atoms with van der Waals surface area (Å²) in [5, 5.41) is 0.770. The first kappa shape index (κ1) is 13.1. The molecule has 0 saturated carbocycles. The van der Waals surface area contributed by atoms with Crippen LogP contribution >= 0.6 is 11.6 Å². The number of hydrogen-bond donors (Lipinski definition) is 1. The molecule has 0 amide bonds. The topological polar surface area (TPSA) is 29.3 Å². The summed E-state index contributed by atoms with van der Waals surface area (Å²) in [6, 6.07) is 7.94. The quantitative estimate of drug-likeness (QED) is 0.855. The Morgan fingerprint density at radius 2 is 1.94 bits per heavy atom. The highest BCUT2D eigenvalue weighted by molar-refractivity contribution is 6.30. The number of benzene rings is 1. The number of nitrogens with two attached hydrogens (primary N) is 1. The second-order valence-corrected chi connectivity index (χ2v) is 4.45. The van der Waals surface area contributed by atoms with Gasteiger partial charge >= 0.3 is 0 Å². The lowest BCUT2D eigenvalue weighted by Crippen LogP contribution is -2.04. The predicted octanol–water partition coefficient (Wildman–Crippen LogP) is 2.98. The summed E-state index contributed by atoms with van der Waals surface area (Å²) in [6.45, 7) is 0.721. The molecule has 0 heterocycles. The van der Waals surface area contributed by atoms with Gasteiger partial charge in [0, 0.05) is 25.3 Å². The first-order valence-corrected chi connectivity index (χ1v) is 5.84. The number of allylic oxidation sites excluding steroid dienone is 1. The van der Waals surface area contributed by atoms with Crippen molar-refractivity contribution >= 4 is 17.2 Å². The zero-order valence-electron chi connectivity index (χ0n) is 9.91. The van der Waals surface area contributed by atoms with E-state index in [4.69, 9.17) is 17.3 Å². The van der Waals surface area contributed by atoms with E-state index in [-0.39, 0.29) is 0 Å². The fourth-order valence-electron chi connectivity index (χ4n) is 1.55. The predicted molar refractivity (Wildman–Crippen MR) is 71.4 cm³/mol. The van der Waals surface area contributed by atoms with E-state index in [1.165, 1.54) is 11.1 Å². The average Bonchev–Trinajstić information content (AvgIpc) is 2.25. The van der Waals surface area contributed by atoms with Crippen LogP contribution in [0.2, 0.25) is 5.02 Å². The number of halogens is 1. The van der Waals surface area contributed by atoms with E-state index in [2.05, 4.69) is 11.1 Å². The molecule has 2 N–H and O–H groups in total. The molecule has 0 aromatic heterocycles. The second kappa shape index (κ2) is 6.56. The highest BCUT2D eigenvalue weighted by Crippen LogP contribution is 2.21. The molecule has 0 radical (unpaired) electrons. The standard InChI is InChI=1S/C13H19ClN2/c1-16(2)10-12(4-3-9-15)11-5-7-13(14)8-6-11/h5-8,10H,3-4,9,15H2,1-2H3/b12-10+. The third-order valence-corrected chi connectivity index (χ3v) is 2.53. The van der Waals surface area contributed by atoms with Gasteiger partial charge in [-0.25, -0.2) is 0 Å². The molecule has 0 aliphatic rings. The molecule has 0 atom stereocenters. The summed E-state index contributed by atoms with van der Waals surface area (Å²) in [6.07, 6.45) is 4.14. The Bertz CT molecular complexity index is 341. The summed E-state index contributed by atoms with van der Waals surface area (Å²) >= 11 is 5.88. The van der Waals surface area contributed by atoms with Gasteiger partial charge in [-0.2, -0.15) is 0 Å². The van der Waals surface area contributed by atoms with Crippen molar-refractivity contribution in [3.63, 3.8) is 0 Å². The Morgan fingerprint density at radius 1 is 1.31 bits per heavy atom. The van der Waals surface area contributed by atoms with Crippen molar-refractivity contribution < 1.29 is 0 Å². The van der Waals surface area contributed by atoms with Gasteiger partial charge in [0.25, 0.3) is 0 Å². The van der Waals surface area contributed by atoms with E-state index in [0.717, 1.165) is 24.4 Å². The Balaban J connectivity index is 2.87. The highest BCUT2D eigenvalue weighted by atomic mass is 35.5. The maximum Gasteiger partial charge on any atom is 0.0406 e. The van der Waals surface area contributed by atoms with Gasteiger partial charge in [-0.05, 0) is 42.7 Å². The summed E-state index contributed by atoms with van der Waals surface area (Å²) in [5.74, 6) is 0. The van der Waals surface area contributed by atoms with Crippen molar-refractivity contribution in [1.82, 2.24) is 4.90 Å². The SMILES string of the molecule is CN(C)/C=C(\CCCN)c1ccc(Cl)cc1. The zero-order chi connectivity index (χ0) is 12.0. The van der Waals surface area contributed by atoms with Crippen LogP contribution in [0.3, 0.4) is 0 Å². The molecule has 1 rings (SSSR count). The third-order valence-electron chi connectivity index (χ3n) is 2.28. The fraction of sp³-hybridized carbons (Fsp3) is 0.385. The molecule has 0 spiro atoms. The maximum absolute atomic E-state index is 5.88. The molecule has 2 nitrogen and oxygen atoms in total. The van der Waals surface area contributed by atoms with Crippen LogP contribution < -0.4 is 5.73 Å². The van der Waals surface area contributed by atoms with E-state index >= 15 is 0 Å². The lowest BCUT2D eigenvalue weighted by molar-refractivity contribution is 0.563. The molecule has 0 fully saturated rings. The van der Waals surface area contributed by atoms with Crippen LogP contribution in [0.5, 0.6) is 0 Å². The zero-order valence-corrected chi connectivity index (χ0v) is 10.7. The van der Waals surface area contributed by atoms with Gasteiger partial charge in [-0.15, -0.1) is 0 Å². The summed E-state index contributed by atoms with van der Waals surface area (Å²) in [4.78, 5) is 2.06. The minimum atomic E-state index is 0.721. The molecule has 3 heteroatoms. The van der Waals surface area contributed by atoms with Crippen LogP contribution in [0.4, 0.5) is 0 Å². The van der Waals surface area contributed by atoms with Crippen molar-refractivity contribution in [2.75, 3.05) is 20.6 Å². The van der Waals surface area contributed by atoms with Crippen LogP contribution in [0.15, 0.2) is 30.5 Å². The van der Waals surface area contributed by atoms with Crippen molar-refractivity contribution in [2.45, 2.75) is 12.8 Å². The Kier molecular flexibility index (Phi) is 5.36. The number of nitrogens with zero attached hydrogens (tertiary/aromatic N) is 1. The van der Waals surface area contributed by atoms with Crippen LogP contribution in [0.25, 0.3) is 5.57 Å². The molecule has 0 aliphatic heterocycles. The molecule has 0 aliphatic carbocycles. The van der Waals surface area contributed by atoms with Gasteiger partial charge in [-0.3, -0.25) is 0 Å². The Hall–Kier alpha value is -0.990. The van der Waals surface area contributed by atoms with Crippen molar-refractivity contribution in [2.24, 2.45) is 5.73 Å². The molecule has 0 unspecified atom stereocenters. The molecule has 16 heavy (non-hydrogen) atoms. The van der Waals surface area contributed by atoms with E-state index in [1.54, 1.807) is 0 Å². The molecule has 1 aromatic carbocycles. The fourth-order valence-corrected chi connectivity index (χ4v) is 1.68. The third kappa shape index (κ3) is 4.25. The van der Waals surface area contributed by atoms with Gasteiger partial charge in [0.1, 0.15) is 0 Å². The normalized spacial score (nSPS) is 11.6. The Labute approximate surface area is 103 Å². The molecular formula is C13H19ClN2. The number of rotatable bonds is 5. The lowest BCUT2D eigenvalue weighted by atomic mass is 10.0. The second-order valence-electron chi connectivity index (χ2n) is 4.02. The van der Waals surface area contributed by atoms with E-state index in [9.17, 15) is 0 Å². The van der Waals surface area contributed by atoms with Gasteiger partial charge < -0.3 is 10.6 Å². The van der Waals surface area contributed by atoms with E-state index in [1.807, 2.05) is 38.4 Å². The smallest absolute Gasteiger partial charge is 0.0406 e. The first-order chi connectivity index (χ1) is 7.63. The van der Waals surface area contributed by atoms with Crippen molar-refractivity contribution in [3.05, 3.63) is 41.1 Å². The summed E-state index contributed by atoms with van der Waals surface area (Å²) in [7, 11) is 4.05. The molecular weight excluding hydrogens is 220 g/mol. The summed E-state index contributed by atoms with van der Waals surface area (Å²) in [5.41, 5.74) is 8.06. The average molecular weight is 239 g/mol. The molecule has 1 aromatic rings. The van der Waals surface area contributed by atoms with Crippen LogP contribution in [-0.2, 0) is 0 Å². The monoisotopic (exact) mass is 238 g/mol. The van der Waals surface area contributed by atoms with Crippen LogP contribution in [-0.4, -0.2) is 25.5 Å². The first-order valence-electron chi connectivity index (χ1n) is 5.46. The Morgan fingerprint density at radius 3 is 2.44 bits per heavy atom. The van der Waals surface area contributed by atoms with E-state index in [0.29, 0.717) is 0 Å². The van der Waals surface area contributed by atoms with Crippen molar-refractivity contribution in [1.29, 1.82) is 0 Å². The molecule has 0 saturated heterocycles. The van der Waals surface area contributed by atoms with Crippen molar-refractivity contribution in [3.8, 4) is 0 Å². The van der Waals surface area contributed by atoms with Crippen LogP contribution in [0, 0.1) is 0 Å². The van der Waals surface area contributed by atoms with E-state index < -0.39 is 0 Å². The largest absolute Gasteiger partial charge is 0.383 e. The van der Waals surface area contributed by atoms with Crippen LogP contribution in [0.1, 0.15) is 18.4 Å². The molecule has 0 bridgehead atoms. The highest BCUT2D eigenvalue weighted by Gasteiger charge is 2.02. The lowest BCUT2D eigenvalue weighted by Gasteiger charge is -2.12. The van der Waals surface area contributed by atoms with Gasteiger partial charge in [-0.1, -0.05) is 23.7 Å². The number of hydrogen-bond acceptors (Lipinski definition) is 2. The molecule has 88 valence electrons. The maximum atomic E-state index is 5.88. The van der Waals surface area contributed by atoms with Gasteiger partial charge in [0.05, 0.1) is 0 Å². The minimum Gasteiger partial charge on any atom is -0.383 e. The van der Waals surface area contributed by atoms with Gasteiger partial charge in [0.2, 0.25) is 0 Å².